The molecule has 0 unspecified atom stereocenters. The molecule has 0 aromatic heterocycles. The maximum absolute atomic E-state index is 13.6. The van der Waals surface area contributed by atoms with Crippen molar-refractivity contribution in [1.82, 2.24) is 5.32 Å². The van der Waals surface area contributed by atoms with Crippen LogP contribution in [0.3, 0.4) is 0 Å². The number of nitrogens with one attached hydrogen (secondary N) is 1. The van der Waals surface area contributed by atoms with Crippen molar-refractivity contribution >= 4 is 15.7 Å². The zero-order valence-corrected chi connectivity index (χ0v) is 17.9. The van der Waals surface area contributed by atoms with Crippen LogP contribution >= 0.6 is 0 Å². The minimum absolute atomic E-state index is 0.0599. The second-order valence-corrected chi connectivity index (χ2v) is 10.1. The molecular formula is C21H17F8NO3S. The van der Waals surface area contributed by atoms with Gasteiger partial charge in [-0.05, 0) is 62.1 Å². The van der Waals surface area contributed by atoms with Gasteiger partial charge < -0.3 is 5.32 Å². The number of benzene rings is 2. The van der Waals surface area contributed by atoms with Crippen LogP contribution in [0.1, 0.15) is 47.2 Å². The Kier molecular flexibility index (Phi) is 6.98. The van der Waals surface area contributed by atoms with Gasteiger partial charge in [0, 0.05) is 11.6 Å². The van der Waals surface area contributed by atoms with Gasteiger partial charge >= 0.3 is 12.4 Å². The first-order chi connectivity index (χ1) is 15.6. The highest BCUT2D eigenvalue weighted by Crippen LogP contribution is 2.35. The van der Waals surface area contributed by atoms with Crippen molar-refractivity contribution in [3.63, 3.8) is 0 Å². The normalized spacial score (nSPS) is 19.6. The number of hydrogen-bond acceptors (Lipinski definition) is 3. The molecule has 0 spiro atoms. The van der Waals surface area contributed by atoms with Crippen LogP contribution in [0.5, 0.6) is 0 Å². The second-order valence-electron chi connectivity index (χ2n) is 7.86. The summed E-state index contributed by atoms with van der Waals surface area (Å²) in [6.07, 6.45) is -9.99. The summed E-state index contributed by atoms with van der Waals surface area (Å²) in [4.78, 5) is 11.5. The summed E-state index contributed by atoms with van der Waals surface area (Å²) in [5.74, 6) is -3.82. The first kappa shape index (κ1) is 25.9. The molecular weight excluding hydrogens is 498 g/mol. The highest BCUT2D eigenvalue weighted by Gasteiger charge is 2.37. The Morgan fingerprint density at radius 1 is 0.853 bits per heavy atom. The number of rotatable bonds is 4. The molecule has 1 amide bonds. The fraction of sp³-hybridized carbons (Fsp3) is 0.381. The van der Waals surface area contributed by atoms with Gasteiger partial charge in [0.2, 0.25) is 0 Å². The largest absolute Gasteiger partial charge is 0.419 e. The molecule has 0 saturated heterocycles. The van der Waals surface area contributed by atoms with Crippen molar-refractivity contribution in [1.29, 1.82) is 0 Å². The van der Waals surface area contributed by atoms with Crippen molar-refractivity contribution in [2.24, 2.45) is 0 Å². The maximum atomic E-state index is 13.6. The Morgan fingerprint density at radius 3 is 2.03 bits per heavy atom. The molecule has 0 atom stereocenters. The van der Waals surface area contributed by atoms with Crippen LogP contribution < -0.4 is 5.32 Å². The number of carbonyl (C=O) groups is 1. The summed E-state index contributed by atoms with van der Waals surface area (Å²) in [6, 6.07) is 2.17. The number of alkyl halides is 6. The third-order valence-electron chi connectivity index (χ3n) is 5.51. The molecule has 3 rings (SSSR count). The zero-order chi connectivity index (χ0) is 25.5. The van der Waals surface area contributed by atoms with Gasteiger partial charge in [-0.25, -0.2) is 17.2 Å². The van der Waals surface area contributed by atoms with Gasteiger partial charge in [0.25, 0.3) is 5.91 Å². The van der Waals surface area contributed by atoms with Gasteiger partial charge in [-0.3, -0.25) is 4.79 Å². The van der Waals surface area contributed by atoms with Crippen LogP contribution in [0.2, 0.25) is 0 Å². The van der Waals surface area contributed by atoms with E-state index in [0.717, 1.165) is 6.07 Å². The molecule has 1 aliphatic rings. The fourth-order valence-corrected chi connectivity index (χ4v) is 5.60. The minimum atomic E-state index is -5.00. The summed E-state index contributed by atoms with van der Waals surface area (Å²) in [6.45, 7) is 0. The molecule has 2 aromatic rings. The Bertz CT molecular complexity index is 1180. The zero-order valence-electron chi connectivity index (χ0n) is 17.1. The molecule has 0 aliphatic heterocycles. The van der Waals surface area contributed by atoms with Crippen LogP contribution in [0, 0.1) is 11.6 Å². The molecule has 2 aromatic carbocycles. The topological polar surface area (TPSA) is 63.2 Å². The van der Waals surface area contributed by atoms with E-state index in [9.17, 15) is 48.3 Å². The van der Waals surface area contributed by atoms with Crippen LogP contribution in [-0.4, -0.2) is 25.6 Å². The lowest BCUT2D eigenvalue weighted by Gasteiger charge is -2.29. The second kappa shape index (κ2) is 9.16. The highest BCUT2D eigenvalue weighted by atomic mass is 32.2. The summed E-state index contributed by atoms with van der Waals surface area (Å²) in [5.41, 5.74) is -3.49. The molecule has 4 nitrogen and oxygen atoms in total. The summed E-state index contributed by atoms with van der Waals surface area (Å²) >= 11 is 0. The average molecular weight is 515 g/mol. The number of halogens is 8. The van der Waals surface area contributed by atoms with Gasteiger partial charge in [-0.1, -0.05) is 0 Å². The third kappa shape index (κ3) is 5.68. The van der Waals surface area contributed by atoms with Crippen LogP contribution in [0.25, 0.3) is 0 Å². The predicted octanol–water partition coefficient (Wildman–Crippen LogP) is 5.52. The third-order valence-corrected chi connectivity index (χ3v) is 7.75. The van der Waals surface area contributed by atoms with E-state index in [4.69, 9.17) is 0 Å². The Hall–Kier alpha value is -2.70. The molecule has 1 N–H and O–H groups in total. The lowest BCUT2D eigenvalue weighted by atomic mass is 9.94. The van der Waals surface area contributed by atoms with Crippen molar-refractivity contribution < 1.29 is 48.3 Å². The Morgan fingerprint density at radius 2 is 1.47 bits per heavy atom. The Balaban J connectivity index is 1.69. The van der Waals surface area contributed by atoms with Crippen LogP contribution in [-0.2, 0) is 22.2 Å². The molecule has 0 heterocycles. The fourth-order valence-electron chi connectivity index (χ4n) is 3.75. The van der Waals surface area contributed by atoms with E-state index in [1.165, 1.54) is 0 Å². The SMILES string of the molecule is O=C(NC1CCC(S(=O)(=O)c2cc(F)cc(C(F)(F)F)c2)CC1)c1ccc(F)c(C(F)(F)F)c1. The summed E-state index contributed by atoms with van der Waals surface area (Å²) < 4.78 is 130. The van der Waals surface area contributed by atoms with E-state index >= 15 is 0 Å². The molecule has 0 radical (unpaired) electrons. The molecule has 0 bridgehead atoms. The molecule has 34 heavy (non-hydrogen) atoms. The molecule has 186 valence electrons. The lowest BCUT2D eigenvalue weighted by Crippen LogP contribution is -2.40. The van der Waals surface area contributed by atoms with Crippen molar-refractivity contribution in [3.8, 4) is 0 Å². The van der Waals surface area contributed by atoms with E-state index in [2.05, 4.69) is 5.32 Å². The summed E-state index contributed by atoms with van der Waals surface area (Å²) in [5, 5.41) is 1.32. The minimum Gasteiger partial charge on any atom is -0.349 e. The molecule has 1 fully saturated rings. The Labute approximate surface area is 188 Å². The predicted molar refractivity (Wildman–Crippen MR) is 104 cm³/mol. The van der Waals surface area contributed by atoms with E-state index in [1.807, 2.05) is 0 Å². The van der Waals surface area contributed by atoms with Crippen molar-refractivity contribution in [3.05, 3.63) is 64.7 Å². The van der Waals surface area contributed by atoms with Gasteiger partial charge in [0.15, 0.2) is 9.84 Å². The first-order valence-electron chi connectivity index (χ1n) is 9.88. The number of hydrogen-bond donors (Lipinski definition) is 1. The van der Waals surface area contributed by atoms with E-state index in [0.29, 0.717) is 24.3 Å². The van der Waals surface area contributed by atoms with Crippen LogP contribution in [0.15, 0.2) is 41.3 Å². The van der Waals surface area contributed by atoms with Gasteiger partial charge in [-0.2, -0.15) is 26.3 Å². The van der Waals surface area contributed by atoms with Gasteiger partial charge in [0.05, 0.1) is 21.3 Å². The van der Waals surface area contributed by atoms with Gasteiger partial charge in [0.1, 0.15) is 11.6 Å². The number of carbonyl (C=O) groups excluding carboxylic acids is 1. The molecule has 1 aliphatic carbocycles. The monoisotopic (exact) mass is 515 g/mol. The first-order valence-corrected chi connectivity index (χ1v) is 11.4. The molecule has 1 saturated carbocycles. The standard InChI is InChI=1S/C21H17F8NO3S/c22-13-8-12(20(24,25)26)9-16(10-13)34(32,33)15-4-2-14(3-5-15)30-19(31)11-1-6-18(23)17(7-11)21(27,28)29/h1,6-10,14-15H,2-5H2,(H,30,31). The lowest BCUT2D eigenvalue weighted by molar-refractivity contribution is -0.140. The van der Waals surface area contributed by atoms with E-state index in [-0.39, 0.29) is 31.7 Å². The van der Waals surface area contributed by atoms with Gasteiger partial charge in [-0.15, -0.1) is 0 Å². The van der Waals surface area contributed by atoms with E-state index < -0.39 is 72.6 Å². The van der Waals surface area contributed by atoms with Crippen LogP contribution in [0.4, 0.5) is 35.1 Å². The van der Waals surface area contributed by atoms with Crippen molar-refractivity contribution in [2.75, 3.05) is 0 Å². The summed E-state index contributed by atoms with van der Waals surface area (Å²) in [7, 11) is -4.32. The smallest absolute Gasteiger partial charge is 0.349 e. The van der Waals surface area contributed by atoms with Crippen molar-refractivity contribution in [2.45, 2.75) is 54.2 Å². The quantitative estimate of drug-likeness (QED) is 0.546. The maximum Gasteiger partial charge on any atom is 0.419 e. The molecule has 13 heteroatoms. The van der Waals surface area contributed by atoms with E-state index in [1.54, 1.807) is 0 Å². The number of sulfone groups is 1. The number of amides is 1. The highest BCUT2D eigenvalue weighted by molar-refractivity contribution is 7.92. The average Bonchev–Trinajstić information content (AvgIpc) is 2.72.